The summed E-state index contributed by atoms with van der Waals surface area (Å²) in [6.45, 7) is 0.155. The Morgan fingerprint density at radius 2 is 2.26 bits per heavy atom. The molecule has 104 valence electrons. The van der Waals surface area contributed by atoms with Crippen LogP contribution in [0.3, 0.4) is 0 Å². The Labute approximate surface area is 119 Å². The number of nitrogens with one attached hydrogen (secondary N) is 1. The Kier molecular flexibility index (Phi) is 4.71. The van der Waals surface area contributed by atoms with Gasteiger partial charge in [-0.25, -0.2) is 4.98 Å². The van der Waals surface area contributed by atoms with E-state index >= 15 is 0 Å². The van der Waals surface area contributed by atoms with Gasteiger partial charge in [-0.1, -0.05) is 12.8 Å². The molecule has 1 aromatic rings. The lowest BCUT2D eigenvalue weighted by Crippen LogP contribution is -2.34. The van der Waals surface area contributed by atoms with Gasteiger partial charge in [0.2, 0.25) is 0 Å². The van der Waals surface area contributed by atoms with Crippen LogP contribution in [0.2, 0.25) is 0 Å². The zero-order valence-corrected chi connectivity index (χ0v) is 12.0. The second-order valence-corrected chi connectivity index (χ2v) is 5.61. The van der Waals surface area contributed by atoms with E-state index in [0.717, 1.165) is 25.7 Å². The maximum atomic E-state index is 10.6. The van der Waals surface area contributed by atoms with E-state index in [-0.39, 0.29) is 24.3 Å². The topological polar surface area (TPSA) is 88.3 Å². The zero-order chi connectivity index (χ0) is 13.8. The Hall–Kier alpha value is -1.21. The average Bonchev–Trinajstić information content (AvgIpc) is 2.41. The van der Waals surface area contributed by atoms with Gasteiger partial charge in [0.05, 0.1) is 9.40 Å². The number of hydrogen-bond donors (Lipinski definition) is 2. The molecule has 0 bridgehead atoms. The van der Waals surface area contributed by atoms with Crippen LogP contribution in [0, 0.1) is 16.0 Å². The highest BCUT2D eigenvalue weighted by atomic mass is 79.9. The van der Waals surface area contributed by atoms with Gasteiger partial charge in [0.1, 0.15) is 12.0 Å². The molecule has 19 heavy (non-hydrogen) atoms. The Morgan fingerprint density at radius 3 is 2.89 bits per heavy atom. The first-order chi connectivity index (χ1) is 9.11. The standard InChI is InChI=1S/C12H16BrN3O3/c13-10-5-9(16(18)19)6-14-12(10)15-11-4-2-1-3-8(11)7-17/h5-6,8,11,17H,1-4,7H2,(H,14,15). The minimum Gasteiger partial charge on any atom is -0.396 e. The van der Waals surface area contributed by atoms with Gasteiger partial charge < -0.3 is 10.4 Å². The summed E-state index contributed by atoms with van der Waals surface area (Å²) < 4.78 is 0.573. The fraction of sp³-hybridized carbons (Fsp3) is 0.583. The molecule has 2 unspecified atom stereocenters. The van der Waals surface area contributed by atoms with Crippen LogP contribution in [0.4, 0.5) is 11.5 Å². The van der Waals surface area contributed by atoms with Crippen molar-refractivity contribution in [1.82, 2.24) is 4.98 Å². The monoisotopic (exact) mass is 329 g/mol. The Morgan fingerprint density at radius 1 is 1.53 bits per heavy atom. The van der Waals surface area contributed by atoms with E-state index in [1.807, 2.05) is 0 Å². The summed E-state index contributed by atoms with van der Waals surface area (Å²) in [4.78, 5) is 14.3. The van der Waals surface area contributed by atoms with Gasteiger partial charge in [-0.3, -0.25) is 10.1 Å². The maximum absolute atomic E-state index is 10.6. The molecular weight excluding hydrogens is 314 g/mol. The molecule has 0 aromatic carbocycles. The molecule has 0 saturated heterocycles. The molecule has 0 spiro atoms. The van der Waals surface area contributed by atoms with Crippen LogP contribution >= 0.6 is 15.9 Å². The van der Waals surface area contributed by atoms with Gasteiger partial charge in [0.15, 0.2) is 0 Å². The van der Waals surface area contributed by atoms with Gasteiger partial charge in [-0.15, -0.1) is 0 Å². The first-order valence-electron chi connectivity index (χ1n) is 6.29. The average molecular weight is 330 g/mol. The number of pyridine rings is 1. The first-order valence-corrected chi connectivity index (χ1v) is 7.08. The minimum atomic E-state index is -0.474. The van der Waals surface area contributed by atoms with Crippen LogP contribution in [-0.2, 0) is 0 Å². The number of aliphatic hydroxyl groups excluding tert-OH is 1. The van der Waals surface area contributed by atoms with Crippen molar-refractivity contribution in [3.05, 3.63) is 26.9 Å². The molecule has 0 amide bonds. The summed E-state index contributed by atoms with van der Waals surface area (Å²) in [5, 5.41) is 23.3. The smallest absolute Gasteiger partial charge is 0.288 e. The van der Waals surface area contributed by atoms with Gasteiger partial charge in [0, 0.05) is 24.6 Å². The molecule has 1 heterocycles. The number of rotatable bonds is 4. The van der Waals surface area contributed by atoms with Crippen LogP contribution in [0.1, 0.15) is 25.7 Å². The first kappa shape index (κ1) is 14.2. The normalized spacial score (nSPS) is 23.1. The van der Waals surface area contributed by atoms with E-state index in [1.165, 1.54) is 12.3 Å². The number of nitro groups is 1. The number of hydrogen-bond acceptors (Lipinski definition) is 5. The number of nitrogens with zero attached hydrogens (tertiary/aromatic N) is 2. The highest BCUT2D eigenvalue weighted by Crippen LogP contribution is 2.30. The molecule has 1 aromatic heterocycles. The van der Waals surface area contributed by atoms with Crippen LogP contribution in [0.5, 0.6) is 0 Å². The van der Waals surface area contributed by atoms with Gasteiger partial charge in [0.25, 0.3) is 5.69 Å². The molecule has 0 radical (unpaired) electrons. The molecule has 1 aliphatic rings. The highest BCUT2D eigenvalue weighted by Gasteiger charge is 2.25. The van der Waals surface area contributed by atoms with E-state index in [1.54, 1.807) is 0 Å². The van der Waals surface area contributed by atoms with Crippen molar-refractivity contribution in [1.29, 1.82) is 0 Å². The molecule has 2 atom stereocenters. The lowest BCUT2D eigenvalue weighted by Gasteiger charge is -2.31. The third-order valence-corrected chi connectivity index (χ3v) is 4.11. The van der Waals surface area contributed by atoms with Crippen LogP contribution < -0.4 is 5.32 Å². The fourth-order valence-electron chi connectivity index (χ4n) is 2.43. The maximum Gasteiger partial charge on any atom is 0.288 e. The Bertz CT molecular complexity index is 470. The SMILES string of the molecule is O=[N+]([O-])c1cnc(NC2CCCCC2CO)c(Br)c1. The van der Waals surface area contributed by atoms with E-state index in [2.05, 4.69) is 26.2 Å². The molecule has 2 rings (SSSR count). The van der Waals surface area contributed by atoms with Crippen molar-refractivity contribution in [3.63, 3.8) is 0 Å². The predicted octanol–water partition coefficient (Wildman–Crippen LogP) is 2.72. The van der Waals surface area contributed by atoms with Crippen molar-refractivity contribution < 1.29 is 10.0 Å². The summed E-state index contributed by atoms with van der Waals surface area (Å²) in [5.41, 5.74) is -0.0419. The number of anilines is 1. The quantitative estimate of drug-likeness (QED) is 0.655. The lowest BCUT2D eigenvalue weighted by atomic mass is 9.85. The fourth-order valence-corrected chi connectivity index (χ4v) is 2.88. The predicted molar refractivity (Wildman–Crippen MR) is 75.0 cm³/mol. The molecule has 7 heteroatoms. The lowest BCUT2D eigenvalue weighted by molar-refractivity contribution is -0.385. The summed E-state index contributed by atoms with van der Waals surface area (Å²) in [6.07, 6.45) is 5.48. The zero-order valence-electron chi connectivity index (χ0n) is 10.4. The molecule has 2 N–H and O–H groups in total. The summed E-state index contributed by atoms with van der Waals surface area (Å²) in [7, 11) is 0. The number of halogens is 1. The summed E-state index contributed by atoms with van der Waals surface area (Å²) in [5.74, 6) is 0.814. The minimum absolute atomic E-state index is 0.0419. The summed E-state index contributed by atoms with van der Waals surface area (Å²) in [6, 6.07) is 1.61. The molecule has 0 aliphatic heterocycles. The van der Waals surface area contributed by atoms with Crippen molar-refractivity contribution in [2.75, 3.05) is 11.9 Å². The molecular formula is C12H16BrN3O3. The van der Waals surface area contributed by atoms with E-state index < -0.39 is 4.92 Å². The van der Waals surface area contributed by atoms with Crippen LogP contribution in [0.25, 0.3) is 0 Å². The highest BCUT2D eigenvalue weighted by molar-refractivity contribution is 9.10. The molecule has 1 fully saturated rings. The van der Waals surface area contributed by atoms with Crippen molar-refractivity contribution in [3.8, 4) is 0 Å². The van der Waals surface area contributed by atoms with Crippen molar-refractivity contribution in [2.24, 2.45) is 5.92 Å². The van der Waals surface area contributed by atoms with Gasteiger partial charge in [-0.2, -0.15) is 0 Å². The van der Waals surface area contributed by atoms with Crippen LogP contribution in [0.15, 0.2) is 16.7 Å². The van der Waals surface area contributed by atoms with E-state index in [9.17, 15) is 15.2 Å². The van der Waals surface area contributed by atoms with E-state index in [0.29, 0.717) is 10.3 Å². The number of aromatic nitrogens is 1. The Balaban J connectivity index is 2.11. The van der Waals surface area contributed by atoms with Gasteiger partial charge >= 0.3 is 0 Å². The van der Waals surface area contributed by atoms with Crippen molar-refractivity contribution >= 4 is 27.4 Å². The van der Waals surface area contributed by atoms with E-state index in [4.69, 9.17) is 0 Å². The molecule has 6 nitrogen and oxygen atoms in total. The van der Waals surface area contributed by atoms with Crippen LogP contribution in [-0.4, -0.2) is 27.7 Å². The summed E-state index contributed by atoms with van der Waals surface area (Å²) >= 11 is 3.29. The molecule has 1 saturated carbocycles. The largest absolute Gasteiger partial charge is 0.396 e. The second-order valence-electron chi connectivity index (χ2n) is 4.76. The van der Waals surface area contributed by atoms with Gasteiger partial charge in [-0.05, 0) is 28.8 Å². The second kappa shape index (κ2) is 6.29. The third-order valence-electron chi connectivity index (χ3n) is 3.50. The van der Waals surface area contributed by atoms with Crippen molar-refractivity contribution in [2.45, 2.75) is 31.7 Å². The number of aliphatic hydroxyl groups is 1. The third kappa shape index (κ3) is 3.42. The molecule has 1 aliphatic carbocycles.